The standard InChI is InChI=1S/C14H19NO/c1-15(2)13(16)14(10-6-7-11-14)12-8-4-3-5-9-12/h3-5,8-9H,6-7,10-11H2,1-2H3. The molecule has 0 radical (unpaired) electrons. The van der Waals surface area contributed by atoms with Crippen LogP contribution in [0.25, 0.3) is 0 Å². The summed E-state index contributed by atoms with van der Waals surface area (Å²) < 4.78 is 0. The van der Waals surface area contributed by atoms with E-state index < -0.39 is 0 Å². The Balaban J connectivity index is 2.40. The maximum absolute atomic E-state index is 12.4. The van der Waals surface area contributed by atoms with Gasteiger partial charge >= 0.3 is 0 Å². The Labute approximate surface area is 97.3 Å². The highest BCUT2D eigenvalue weighted by Crippen LogP contribution is 2.42. The average molecular weight is 217 g/mol. The molecule has 0 bridgehead atoms. The van der Waals surface area contributed by atoms with Gasteiger partial charge in [-0.1, -0.05) is 43.2 Å². The first-order chi connectivity index (χ1) is 7.67. The molecule has 1 aliphatic carbocycles. The molecule has 0 aliphatic heterocycles. The molecule has 2 rings (SSSR count). The van der Waals surface area contributed by atoms with Crippen LogP contribution in [0.4, 0.5) is 0 Å². The molecule has 86 valence electrons. The molecule has 16 heavy (non-hydrogen) atoms. The van der Waals surface area contributed by atoms with E-state index in [4.69, 9.17) is 0 Å². The summed E-state index contributed by atoms with van der Waals surface area (Å²) in [5, 5.41) is 0. The molecule has 1 aromatic carbocycles. The predicted octanol–water partition coefficient (Wildman–Crippen LogP) is 2.59. The topological polar surface area (TPSA) is 20.3 Å². The molecule has 2 nitrogen and oxygen atoms in total. The molecule has 0 saturated heterocycles. The van der Waals surface area contributed by atoms with Crippen LogP contribution in [0.2, 0.25) is 0 Å². The number of amides is 1. The van der Waals surface area contributed by atoms with Gasteiger partial charge in [-0.2, -0.15) is 0 Å². The molecule has 2 heteroatoms. The van der Waals surface area contributed by atoms with Gasteiger partial charge in [-0.25, -0.2) is 0 Å². The third-order valence-electron chi connectivity index (χ3n) is 3.60. The van der Waals surface area contributed by atoms with Crippen molar-refractivity contribution < 1.29 is 4.79 Å². The third kappa shape index (κ3) is 1.73. The van der Waals surface area contributed by atoms with Crippen LogP contribution in [0.15, 0.2) is 30.3 Å². The van der Waals surface area contributed by atoms with Crippen molar-refractivity contribution in [3.8, 4) is 0 Å². The number of likely N-dealkylation sites (N-methyl/N-ethyl adjacent to an activating group) is 1. The van der Waals surface area contributed by atoms with Gasteiger partial charge in [0.05, 0.1) is 5.41 Å². The smallest absolute Gasteiger partial charge is 0.232 e. The fraction of sp³-hybridized carbons (Fsp3) is 0.500. The second-order valence-electron chi connectivity index (χ2n) is 4.85. The van der Waals surface area contributed by atoms with E-state index in [1.807, 2.05) is 32.3 Å². The largest absolute Gasteiger partial charge is 0.348 e. The minimum Gasteiger partial charge on any atom is -0.348 e. The van der Waals surface area contributed by atoms with Gasteiger partial charge in [-0.3, -0.25) is 4.79 Å². The Morgan fingerprint density at radius 3 is 2.19 bits per heavy atom. The Morgan fingerprint density at radius 1 is 1.12 bits per heavy atom. The van der Waals surface area contributed by atoms with Crippen LogP contribution in [-0.4, -0.2) is 24.9 Å². The molecular weight excluding hydrogens is 198 g/mol. The van der Waals surface area contributed by atoms with Crippen LogP contribution < -0.4 is 0 Å². The quantitative estimate of drug-likeness (QED) is 0.745. The summed E-state index contributed by atoms with van der Waals surface area (Å²) >= 11 is 0. The molecule has 0 aromatic heterocycles. The zero-order valence-electron chi connectivity index (χ0n) is 10.1. The first-order valence-electron chi connectivity index (χ1n) is 5.94. The number of rotatable bonds is 2. The van der Waals surface area contributed by atoms with Crippen LogP contribution in [0.1, 0.15) is 31.2 Å². The van der Waals surface area contributed by atoms with Crippen LogP contribution in [0.3, 0.4) is 0 Å². The van der Waals surface area contributed by atoms with E-state index in [1.54, 1.807) is 4.90 Å². The molecule has 0 unspecified atom stereocenters. The second-order valence-corrected chi connectivity index (χ2v) is 4.85. The maximum atomic E-state index is 12.4. The van der Waals surface area contributed by atoms with Crippen LogP contribution in [0.5, 0.6) is 0 Å². The van der Waals surface area contributed by atoms with Crippen LogP contribution >= 0.6 is 0 Å². The van der Waals surface area contributed by atoms with E-state index in [9.17, 15) is 4.79 Å². The van der Waals surface area contributed by atoms with Crippen molar-refractivity contribution in [1.82, 2.24) is 4.90 Å². The fourth-order valence-corrected chi connectivity index (χ4v) is 2.79. The van der Waals surface area contributed by atoms with Gasteiger partial charge < -0.3 is 4.90 Å². The summed E-state index contributed by atoms with van der Waals surface area (Å²) in [4.78, 5) is 14.1. The minimum atomic E-state index is -0.245. The van der Waals surface area contributed by atoms with Gasteiger partial charge in [-0.05, 0) is 18.4 Å². The van der Waals surface area contributed by atoms with Gasteiger partial charge in [-0.15, -0.1) is 0 Å². The lowest BCUT2D eigenvalue weighted by Gasteiger charge is -2.31. The van der Waals surface area contributed by atoms with E-state index in [-0.39, 0.29) is 11.3 Å². The van der Waals surface area contributed by atoms with E-state index in [2.05, 4.69) is 12.1 Å². The second kappa shape index (κ2) is 4.28. The summed E-state index contributed by atoms with van der Waals surface area (Å²) in [6.45, 7) is 0. The zero-order valence-corrected chi connectivity index (χ0v) is 10.1. The number of hydrogen-bond acceptors (Lipinski definition) is 1. The summed E-state index contributed by atoms with van der Waals surface area (Å²) in [6, 6.07) is 10.2. The van der Waals surface area contributed by atoms with Gasteiger partial charge in [0, 0.05) is 14.1 Å². The van der Waals surface area contributed by atoms with E-state index in [0.717, 1.165) is 25.7 Å². The van der Waals surface area contributed by atoms with Gasteiger partial charge in [0.15, 0.2) is 0 Å². The normalized spacial score (nSPS) is 18.4. The summed E-state index contributed by atoms with van der Waals surface area (Å²) in [5.74, 6) is 0.260. The molecule has 0 spiro atoms. The van der Waals surface area contributed by atoms with Crippen molar-refractivity contribution in [2.45, 2.75) is 31.1 Å². The Hall–Kier alpha value is -1.31. The van der Waals surface area contributed by atoms with E-state index in [0.29, 0.717) is 0 Å². The van der Waals surface area contributed by atoms with Crippen molar-refractivity contribution in [3.63, 3.8) is 0 Å². The number of hydrogen-bond donors (Lipinski definition) is 0. The molecule has 1 saturated carbocycles. The molecule has 1 fully saturated rings. The Bertz CT molecular complexity index is 364. The lowest BCUT2D eigenvalue weighted by molar-refractivity contribution is -0.134. The lowest BCUT2D eigenvalue weighted by Crippen LogP contribution is -2.41. The molecule has 1 amide bonds. The van der Waals surface area contributed by atoms with Crippen molar-refractivity contribution in [3.05, 3.63) is 35.9 Å². The minimum absolute atomic E-state index is 0.245. The molecule has 1 aromatic rings. The van der Waals surface area contributed by atoms with Crippen molar-refractivity contribution in [1.29, 1.82) is 0 Å². The molecule has 0 heterocycles. The number of benzene rings is 1. The van der Waals surface area contributed by atoms with Crippen LogP contribution in [-0.2, 0) is 10.2 Å². The SMILES string of the molecule is CN(C)C(=O)C1(c2ccccc2)CCCC1. The summed E-state index contributed by atoms with van der Waals surface area (Å²) in [5.41, 5.74) is 0.941. The third-order valence-corrected chi connectivity index (χ3v) is 3.60. The van der Waals surface area contributed by atoms with E-state index >= 15 is 0 Å². The van der Waals surface area contributed by atoms with Crippen molar-refractivity contribution in [2.75, 3.05) is 14.1 Å². The zero-order chi connectivity index (χ0) is 11.6. The number of nitrogens with zero attached hydrogens (tertiary/aromatic N) is 1. The molecule has 1 aliphatic rings. The monoisotopic (exact) mass is 217 g/mol. The average Bonchev–Trinajstić information content (AvgIpc) is 2.79. The fourth-order valence-electron chi connectivity index (χ4n) is 2.79. The van der Waals surface area contributed by atoms with Gasteiger partial charge in [0.2, 0.25) is 5.91 Å². The van der Waals surface area contributed by atoms with Gasteiger partial charge in [0.1, 0.15) is 0 Å². The highest BCUT2D eigenvalue weighted by atomic mass is 16.2. The highest BCUT2D eigenvalue weighted by Gasteiger charge is 2.43. The van der Waals surface area contributed by atoms with Gasteiger partial charge in [0.25, 0.3) is 0 Å². The Kier molecular flexibility index (Phi) is 2.99. The maximum Gasteiger partial charge on any atom is 0.232 e. The lowest BCUT2D eigenvalue weighted by atomic mass is 9.77. The number of carbonyl (C=O) groups is 1. The summed E-state index contributed by atoms with van der Waals surface area (Å²) in [6.07, 6.45) is 4.31. The van der Waals surface area contributed by atoms with Crippen molar-refractivity contribution >= 4 is 5.91 Å². The predicted molar refractivity (Wildman–Crippen MR) is 65.3 cm³/mol. The first kappa shape index (κ1) is 11.2. The van der Waals surface area contributed by atoms with E-state index in [1.165, 1.54) is 5.56 Å². The van der Waals surface area contributed by atoms with Crippen molar-refractivity contribution in [2.24, 2.45) is 0 Å². The molecular formula is C14H19NO. The first-order valence-corrected chi connectivity index (χ1v) is 5.94. The molecule has 0 N–H and O–H groups in total. The van der Waals surface area contributed by atoms with Crippen LogP contribution in [0, 0.1) is 0 Å². The summed E-state index contributed by atoms with van der Waals surface area (Å²) in [7, 11) is 3.71. The molecule has 0 atom stereocenters. The highest BCUT2D eigenvalue weighted by molar-refractivity contribution is 5.88. The Morgan fingerprint density at radius 2 is 1.69 bits per heavy atom. The number of carbonyl (C=O) groups excluding carboxylic acids is 1.